The van der Waals surface area contributed by atoms with Gasteiger partial charge in [0.05, 0.1) is 0 Å². The van der Waals surface area contributed by atoms with Crippen LogP contribution in [0.15, 0.2) is 30.3 Å². The maximum atomic E-state index is 12.2. The Hall–Kier alpha value is -1.88. The van der Waals surface area contributed by atoms with Crippen LogP contribution >= 0.6 is 11.3 Å². The largest absolute Gasteiger partial charge is 0.382 e. The number of carbonyl (C=O) groups is 1. The second-order valence-electron chi connectivity index (χ2n) is 3.80. The third-order valence-corrected chi connectivity index (χ3v) is 3.50. The van der Waals surface area contributed by atoms with Crippen molar-refractivity contribution < 1.29 is 4.79 Å². The molecule has 2 rings (SSSR count). The molecule has 2 N–H and O–H groups in total. The van der Waals surface area contributed by atoms with Gasteiger partial charge < -0.3 is 10.6 Å². The highest BCUT2D eigenvalue weighted by Crippen LogP contribution is 2.28. The van der Waals surface area contributed by atoms with Crippen LogP contribution in [-0.2, 0) is 0 Å². The van der Waals surface area contributed by atoms with Crippen LogP contribution in [0.2, 0.25) is 0 Å². The van der Waals surface area contributed by atoms with Gasteiger partial charge in [-0.05, 0) is 0 Å². The number of ketones is 1. The van der Waals surface area contributed by atoms with Crippen LogP contribution in [0.4, 0.5) is 10.9 Å². The van der Waals surface area contributed by atoms with Crippen LogP contribution in [0.3, 0.4) is 0 Å². The molecule has 0 aliphatic rings. The van der Waals surface area contributed by atoms with Crippen molar-refractivity contribution in [1.29, 1.82) is 0 Å². The van der Waals surface area contributed by atoms with Crippen LogP contribution < -0.4 is 10.6 Å². The fourth-order valence-corrected chi connectivity index (χ4v) is 2.26. The monoisotopic (exact) mass is 247 g/mol. The first-order valence-electron chi connectivity index (χ1n) is 5.13. The van der Waals surface area contributed by atoms with Gasteiger partial charge in [-0.2, -0.15) is 0 Å². The normalized spacial score (nSPS) is 10.2. The minimum Gasteiger partial charge on any atom is -0.382 e. The average molecular weight is 247 g/mol. The summed E-state index contributed by atoms with van der Waals surface area (Å²) in [5, 5.41) is 0.738. The SMILES string of the molecule is CN(C)c1nc(N)c(C(=O)c2ccccc2)s1. The highest BCUT2D eigenvalue weighted by molar-refractivity contribution is 7.18. The molecule has 0 aliphatic carbocycles. The Morgan fingerprint density at radius 1 is 1.29 bits per heavy atom. The van der Waals surface area contributed by atoms with Gasteiger partial charge in [0, 0.05) is 19.7 Å². The number of hydrogen-bond acceptors (Lipinski definition) is 5. The minimum absolute atomic E-state index is 0.0753. The zero-order chi connectivity index (χ0) is 12.4. The van der Waals surface area contributed by atoms with Crippen LogP contribution in [0.25, 0.3) is 0 Å². The summed E-state index contributed by atoms with van der Waals surface area (Å²) in [6, 6.07) is 9.08. The highest BCUT2D eigenvalue weighted by atomic mass is 32.1. The molecule has 0 radical (unpaired) electrons. The smallest absolute Gasteiger partial charge is 0.206 e. The number of nitrogen functional groups attached to an aromatic ring is 1. The Labute approximate surface area is 104 Å². The van der Waals surface area contributed by atoms with E-state index in [1.165, 1.54) is 11.3 Å². The number of anilines is 2. The number of rotatable bonds is 3. The van der Waals surface area contributed by atoms with E-state index in [1.807, 2.05) is 37.2 Å². The molecule has 17 heavy (non-hydrogen) atoms. The van der Waals surface area contributed by atoms with Gasteiger partial charge >= 0.3 is 0 Å². The maximum absolute atomic E-state index is 12.2. The van der Waals surface area contributed by atoms with Crippen molar-refractivity contribution in [1.82, 2.24) is 4.98 Å². The Kier molecular flexibility index (Phi) is 3.10. The van der Waals surface area contributed by atoms with Gasteiger partial charge in [0.1, 0.15) is 10.7 Å². The summed E-state index contributed by atoms with van der Waals surface area (Å²) >= 11 is 1.31. The Morgan fingerprint density at radius 2 is 1.94 bits per heavy atom. The first-order chi connectivity index (χ1) is 8.09. The molecule has 2 aromatic rings. The summed E-state index contributed by atoms with van der Waals surface area (Å²) in [6.07, 6.45) is 0. The Bertz CT molecular complexity index is 534. The van der Waals surface area contributed by atoms with Gasteiger partial charge in [-0.3, -0.25) is 4.79 Å². The van der Waals surface area contributed by atoms with E-state index in [1.54, 1.807) is 12.1 Å². The Morgan fingerprint density at radius 3 is 2.47 bits per heavy atom. The van der Waals surface area contributed by atoms with Gasteiger partial charge in [-0.15, -0.1) is 0 Å². The van der Waals surface area contributed by atoms with Crippen LogP contribution in [0, 0.1) is 0 Å². The molecule has 0 saturated carbocycles. The molecule has 0 saturated heterocycles. The van der Waals surface area contributed by atoms with E-state index >= 15 is 0 Å². The lowest BCUT2D eigenvalue weighted by molar-refractivity contribution is 0.104. The van der Waals surface area contributed by atoms with E-state index in [0.717, 1.165) is 5.13 Å². The third kappa shape index (κ3) is 2.29. The van der Waals surface area contributed by atoms with E-state index in [0.29, 0.717) is 16.3 Å². The number of hydrogen-bond donors (Lipinski definition) is 1. The van der Waals surface area contributed by atoms with Crippen molar-refractivity contribution in [2.24, 2.45) is 0 Å². The van der Waals surface area contributed by atoms with Crippen molar-refractivity contribution in [3.63, 3.8) is 0 Å². The number of aromatic nitrogens is 1. The molecule has 88 valence electrons. The second kappa shape index (κ2) is 4.55. The first kappa shape index (κ1) is 11.6. The van der Waals surface area contributed by atoms with Gasteiger partial charge in [-0.25, -0.2) is 4.98 Å². The predicted octanol–water partition coefficient (Wildman–Crippen LogP) is 2.02. The van der Waals surface area contributed by atoms with Gasteiger partial charge in [0.25, 0.3) is 0 Å². The molecule has 0 atom stereocenters. The predicted molar refractivity (Wildman–Crippen MR) is 70.7 cm³/mol. The van der Waals surface area contributed by atoms with Gasteiger partial charge in [0.15, 0.2) is 5.13 Å². The number of thiazole rings is 1. The summed E-state index contributed by atoms with van der Waals surface area (Å²) < 4.78 is 0. The summed E-state index contributed by atoms with van der Waals surface area (Å²) in [6.45, 7) is 0. The maximum Gasteiger partial charge on any atom is 0.206 e. The molecule has 1 heterocycles. The van der Waals surface area contributed by atoms with Crippen molar-refractivity contribution in [3.8, 4) is 0 Å². The first-order valence-corrected chi connectivity index (χ1v) is 5.94. The molecule has 0 amide bonds. The third-order valence-electron chi connectivity index (χ3n) is 2.27. The van der Waals surface area contributed by atoms with E-state index < -0.39 is 0 Å². The van der Waals surface area contributed by atoms with E-state index in [4.69, 9.17) is 5.73 Å². The van der Waals surface area contributed by atoms with Crippen molar-refractivity contribution >= 4 is 28.1 Å². The lowest BCUT2D eigenvalue weighted by Gasteiger charge is -2.04. The minimum atomic E-state index is -0.0753. The topological polar surface area (TPSA) is 59.2 Å². The van der Waals surface area contributed by atoms with Crippen LogP contribution in [0.5, 0.6) is 0 Å². The molecule has 0 spiro atoms. The number of nitrogens with zero attached hydrogens (tertiary/aromatic N) is 2. The molecule has 1 aromatic carbocycles. The number of nitrogens with two attached hydrogens (primary N) is 1. The van der Waals surface area contributed by atoms with Crippen molar-refractivity contribution in [3.05, 3.63) is 40.8 Å². The summed E-state index contributed by atoms with van der Waals surface area (Å²) in [7, 11) is 3.74. The zero-order valence-electron chi connectivity index (χ0n) is 9.68. The molecule has 5 heteroatoms. The number of carbonyl (C=O) groups excluding carboxylic acids is 1. The summed E-state index contributed by atoms with van der Waals surface area (Å²) in [5.74, 6) is 0.223. The fourth-order valence-electron chi connectivity index (χ4n) is 1.39. The zero-order valence-corrected chi connectivity index (χ0v) is 10.5. The molecular formula is C12H13N3OS. The average Bonchev–Trinajstić information content (AvgIpc) is 2.72. The molecule has 1 aromatic heterocycles. The van der Waals surface area contributed by atoms with E-state index in [-0.39, 0.29) is 5.78 Å². The summed E-state index contributed by atoms with van der Waals surface area (Å²) in [4.78, 5) is 18.7. The van der Waals surface area contributed by atoms with Gasteiger partial charge in [0.2, 0.25) is 5.78 Å². The summed E-state index contributed by atoms with van der Waals surface area (Å²) in [5.41, 5.74) is 6.40. The quantitative estimate of drug-likeness (QED) is 0.843. The molecule has 0 fully saturated rings. The molecule has 0 aliphatic heterocycles. The molecule has 4 nitrogen and oxygen atoms in total. The van der Waals surface area contributed by atoms with Crippen molar-refractivity contribution in [2.45, 2.75) is 0 Å². The number of benzene rings is 1. The lowest BCUT2D eigenvalue weighted by atomic mass is 10.1. The Balaban J connectivity index is 2.38. The molecule has 0 bridgehead atoms. The van der Waals surface area contributed by atoms with Crippen molar-refractivity contribution in [2.75, 3.05) is 24.7 Å². The van der Waals surface area contributed by atoms with E-state index in [2.05, 4.69) is 4.98 Å². The second-order valence-corrected chi connectivity index (χ2v) is 4.78. The van der Waals surface area contributed by atoms with E-state index in [9.17, 15) is 4.79 Å². The molecular weight excluding hydrogens is 234 g/mol. The van der Waals surface area contributed by atoms with Gasteiger partial charge in [-0.1, -0.05) is 41.7 Å². The standard InChI is InChI=1S/C12H13N3OS/c1-15(2)12-14-11(13)10(17-12)9(16)8-6-4-3-5-7-8/h3-7H,13H2,1-2H3. The highest BCUT2D eigenvalue weighted by Gasteiger charge is 2.18. The lowest BCUT2D eigenvalue weighted by Crippen LogP contribution is -2.07. The fraction of sp³-hybridized carbons (Fsp3) is 0.167. The van der Waals surface area contributed by atoms with Crippen LogP contribution in [0.1, 0.15) is 15.2 Å². The van der Waals surface area contributed by atoms with Crippen LogP contribution in [-0.4, -0.2) is 24.9 Å². The molecule has 0 unspecified atom stereocenters.